The molecule has 12 heteroatoms. The van der Waals surface area contributed by atoms with Gasteiger partial charge in [-0.3, -0.25) is 9.59 Å². The van der Waals surface area contributed by atoms with Gasteiger partial charge in [0.05, 0.1) is 21.6 Å². The number of rotatable bonds is 9. The number of nitrogens with one attached hydrogen (secondary N) is 2. The zero-order valence-electron chi connectivity index (χ0n) is 20.1. The van der Waals surface area contributed by atoms with Crippen LogP contribution in [0.1, 0.15) is 32.1 Å². The van der Waals surface area contributed by atoms with Gasteiger partial charge >= 0.3 is 0 Å². The molecule has 9 nitrogen and oxygen atoms in total. The van der Waals surface area contributed by atoms with Crippen LogP contribution in [-0.4, -0.2) is 62.0 Å². The highest BCUT2D eigenvalue weighted by atomic mass is 35.5. The summed E-state index contributed by atoms with van der Waals surface area (Å²) in [7, 11) is -3.33. The maximum absolute atomic E-state index is 13.6. The molecule has 0 radical (unpaired) electrons. The third kappa shape index (κ3) is 6.34. The van der Waals surface area contributed by atoms with Gasteiger partial charge in [-0.25, -0.2) is 12.8 Å². The average molecular weight is 555 g/mol. The number of sulfone groups is 1. The molecule has 1 atom stereocenters. The van der Waals surface area contributed by atoms with Crippen molar-refractivity contribution in [3.05, 3.63) is 53.3 Å². The largest absolute Gasteiger partial charge is 0.484 e. The summed E-state index contributed by atoms with van der Waals surface area (Å²) in [5.74, 6) is -0.922. The molecule has 0 aromatic heterocycles. The minimum atomic E-state index is -3.33. The molecule has 0 spiro atoms. The van der Waals surface area contributed by atoms with E-state index >= 15 is 0 Å². The smallest absolute Gasteiger partial charge is 0.258 e. The topological polar surface area (TPSA) is 131 Å². The molecule has 3 aliphatic carbocycles. The van der Waals surface area contributed by atoms with E-state index in [9.17, 15) is 27.5 Å². The maximum atomic E-state index is 13.6. The van der Waals surface area contributed by atoms with Crippen LogP contribution in [0.25, 0.3) is 0 Å². The Bertz CT molecular complexity index is 1280. The molecule has 3 N–H and O–H groups in total. The molecule has 37 heavy (non-hydrogen) atoms. The van der Waals surface area contributed by atoms with E-state index in [1.54, 1.807) is 0 Å². The second-order valence-electron chi connectivity index (χ2n) is 9.65. The summed E-state index contributed by atoms with van der Waals surface area (Å²) in [6.07, 6.45) is 2.53. The number of carbonyl (C=O) groups excluding carboxylic acids is 2. The Morgan fingerprint density at radius 2 is 1.57 bits per heavy atom. The molecule has 0 aliphatic heterocycles. The van der Waals surface area contributed by atoms with Crippen LogP contribution in [0, 0.1) is 5.82 Å². The zero-order chi connectivity index (χ0) is 26.8. The van der Waals surface area contributed by atoms with Crippen LogP contribution in [0.4, 0.5) is 4.39 Å². The first kappa shape index (κ1) is 27.2. The molecule has 2 aromatic rings. The first-order valence-electron chi connectivity index (χ1n) is 11.7. The molecule has 3 aliphatic rings. The number of carbonyl (C=O) groups is 2. The van der Waals surface area contributed by atoms with Crippen molar-refractivity contribution in [2.24, 2.45) is 0 Å². The number of aliphatic hydroxyl groups is 1. The van der Waals surface area contributed by atoms with Crippen molar-refractivity contribution >= 4 is 33.3 Å². The van der Waals surface area contributed by atoms with E-state index in [0.29, 0.717) is 31.4 Å². The first-order chi connectivity index (χ1) is 17.4. The second-order valence-corrected chi connectivity index (χ2v) is 12.1. The summed E-state index contributed by atoms with van der Waals surface area (Å²) in [6, 6.07) is 9.66. The van der Waals surface area contributed by atoms with Gasteiger partial charge in [0, 0.05) is 17.9 Å². The minimum Gasteiger partial charge on any atom is -0.484 e. The summed E-state index contributed by atoms with van der Waals surface area (Å²) in [6.45, 7) is -0.611. The number of hydrogen-bond donors (Lipinski definition) is 3. The number of benzene rings is 2. The van der Waals surface area contributed by atoms with Gasteiger partial charge in [-0.2, -0.15) is 0 Å². The molecule has 0 saturated heterocycles. The molecule has 0 unspecified atom stereocenters. The number of halogens is 2. The third-order valence-electron chi connectivity index (χ3n) is 7.00. The van der Waals surface area contributed by atoms with Crippen LogP contribution in [-0.2, 0) is 19.4 Å². The highest BCUT2D eigenvalue weighted by Gasteiger charge is 2.55. The Morgan fingerprint density at radius 3 is 2.14 bits per heavy atom. The van der Waals surface area contributed by atoms with Crippen molar-refractivity contribution in [1.82, 2.24) is 10.6 Å². The predicted molar refractivity (Wildman–Crippen MR) is 133 cm³/mol. The van der Waals surface area contributed by atoms with E-state index < -0.39 is 44.7 Å². The van der Waals surface area contributed by atoms with Gasteiger partial charge in [0.1, 0.15) is 17.3 Å². The van der Waals surface area contributed by atoms with Crippen LogP contribution < -0.4 is 20.1 Å². The lowest BCUT2D eigenvalue weighted by Crippen LogP contribution is -2.70. The SMILES string of the molecule is CS(=O)(=O)c1ccc(OCC(=O)NC23CCC(NC(=O)COc4ccc(Cl)c(F)c4)(CC2)C[C@H]3O)cc1. The molecule has 3 fully saturated rings. The monoisotopic (exact) mass is 554 g/mol. The molecule has 200 valence electrons. The summed E-state index contributed by atoms with van der Waals surface area (Å²) >= 11 is 5.65. The molecule has 2 bridgehead atoms. The quantitative estimate of drug-likeness (QED) is 0.434. The molecule has 5 rings (SSSR count). The van der Waals surface area contributed by atoms with Gasteiger partial charge in [-0.1, -0.05) is 11.6 Å². The Balaban J connectivity index is 1.27. The lowest BCUT2D eigenvalue weighted by Gasteiger charge is -2.56. The molecular formula is C25H28ClFN2O7S. The van der Waals surface area contributed by atoms with Crippen LogP contribution in [0.3, 0.4) is 0 Å². The van der Waals surface area contributed by atoms with Crippen LogP contribution >= 0.6 is 11.6 Å². The molecule has 3 saturated carbocycles. The van der Waals surface area contributed by atoms with Crippen molar-refractivity contribution in [3.8, 4) is 11.5 Å². The molecule has 0 heterocycles. The van der Waals surface area contributed by atoms with E-state index in [2.05, 4.69) is 10.6 Å². The van der Waals surface area contributed by atoms with E-state index in [0.717, 1.165) is 12.3 Å². The van der Waals surface area contributed by atoms with Crippen molar-refractivity contribution < 1.29 is 37.0 Å². The van der Waals surface area contributed by atoms with Gasteiger partial charge in [0.15, 0.2) is 23.1 Å². The fraction of sp³-hybridized carbons (Fsp3) is 0.440. The van der Waals surface area contributed by atoms with Crippen molar-refractivity contribution in [1.29, 1.82) is 0 Å². The molecule has 2 aromatic carbocycles. The Hall–Kier alpha value is -2.89. The van der Waals surface area contributed by atoms with Crippen molar-refractivity contribution in [3.63, 3.8) is 0 Å². The number of aliphatic hydroxyl groups excluding tert-OH is 1. The highest BCUT2D eigenvalue weighted by Crippen LogP contribution is 2.47. The fourth-order valence-electron chi connectivity index (χ4n) is 4.95. The van der Waals surface area contributed by atoms with E-state index in [1.807, 2.05) is 0 Å². The first-order valence-corrected chi connectivity index (χ1v) is 14.0. The number of ether oxygens (including phenoxy) is 2. The normalized spacial score (nSPS) is 24.8. The number of amides is 2. The number of fused-ring (bicyclic) bond motifs is 3. The summed E-state index contributed by atoms with van der Waals surface area (Å²) in [5, 5.41) is 16.7. The third-order valence-corrected chi connectivity index (χ3v) is 8.43. The minimum absolute atomic E-state index is 0.0421. The number of hydrogen-bond acceptors (Lipinski definition) is 7. The summed E-state index contributed by atoms with van der Waals surface area (Å²) in [5.41, 5.74) is -1.43. The molecule has 2 amide bonds. The predicted octanol–water partition coefficient (Wildman–Crippen LogP) is 2.39. The van der Waals surface area contributed by atoms with Gasteiger partial charge in [-0.15, -0.1) is 0 Å². The zero-order valence-corrected chi connectivity index (χ0v) is 21.7. The van der Waals surface area contributed by atoms with Gasteiger partial charge in [-0.05, 0) is 68.5 Å². The average Bonchev–Trinajstić information content (AvgIpc) is 2.84. The Labute approximate surface area is 219 Å². The van der Waals surface area contributed by atoms with Crippen molar-refractivity contribution in [2.45, 2.75) is 54.2 Å². The van der Waals surface area contributed by atoms with E-state index in [4.69, 9.17) is 21.1 Å². The maximum Gasteiger partial charge on any atom is 0.258 e. The van der Waals surface area contributed by atoms with E-state index in [1.165, 1.54) is 36.4 Å². The van der Waals surface area contributed by atoms with Crippen LogP contribution in [0.2, 0.25) is 5.02 Å². The van der Waals surface area contributed by atoms with Gasteiger partial charge in [0.25, 0.3) is 11.8 Å². The van der Waals surface area contributed by atoms with Crippen LogP contribution in [0.5, 0.6) is 11.5 Å². The lowest BCUT2D eigenvalue weighted by molar-refractivity contribution is -0.137. The Kier molecular flexibility index (Phi) is 7.68. The summed E-state index contributed by atoms with van der Waals surface area (Å²) in [4.78, 5) is 25.3. The Morgan fingerprint density at radius 1 is 1.00 bits per heavy atom. The van der Waals surface area contributed by atoms with Gasteiger partial charge in [0.2, 0.25) is 0 Å². The highest BCUT2D eigenvalue weighted by molar-refractivity contribution is 7.90. The van der Waals surface area contributed by atoms with Crippen molar-refractivity contribution in [2.75, 3.05) is 19.5 Å². The van der Waals surface area contributed by atoms with Gasteiger partial charge < -0.3 is 25.2 Å². The molecular weight excluding hydrogens is 527 g/mol. The second kappa shape index (κ2) is 10.5. The summed E-state index contributed by atoms with van der Waals surface area (Å²) < 4.78 is 47.5. The van der Waals surface area contributed by atoms with Crippen LogP contribution in [0.15, 0.2) is 47.4 Å². The standard InChI is InChI=1S/C25H28ClFN2O7S/c1-37(33,34)18-5-2-16(3-6-18)35-15-23(32)29-25-10-8-24(9-11-25,13-21(25)30)28-22(31)14-36-17-4-7-19(26)20(27)12-17/h2-7,12,21,30H,8-11,13-15H2,1H3,(H,28,31)(H,29,32)/t21-,24?,25?/m1/s1. The fourth-order valence-corrected chi connectivity index (χ4v) is 5.70. The lowest BCUT2D eigenvalue weighted by atomic mass is 9.60. The van der Waals surface area contributed by atoms with E-state index in [-0.39, 0.29) is 35.3 Å².